The first kappa shape index (κ1) is 14.2. The van der Waals surface area contributed by atoms with Crippen LogP contribution in [0.5, 0.6) is 5.75 Å². The zero-order valence-electron chi connectivity index (χ0n) is 12.9. The number of anilines is 1. The molecular formula is C18H14N4O2. The topological polar surface area (TPSA) is 79.9 Å². The van der Waals surface area contributed by atoms with Gasteiger partial charge in [-0.05, 0) is 18.2 Å². The predicted molar refractivity (Wildman–Crippen MR) is 92.3 cm³/mol. The van der Waals surface area contributed by atoms with Gasteiger partial charge >= 0.3 is 0 Å². The van der Waals surface area contributed by atoms with E-state index in [1.54, 1.807) is 19.4 Å². The van der Waals surface area contributed by atoms with Crippen molar-refractivity contribution in [3.63, 3.8) is 0 Å². The third kappa shape index (κ3) is 2.34. The van der Waals surface area contributed by atoms with E-state index in [0.29, 0.717) is 22.6 Å². The highest BCUT2D eigenvalue weighted by Crippen LogP contribution is 2.28. The number of hydrogen-bond donors (Lipinski definition) is 2. The Morgan fingerprint density at radius 2 is 2.04 bits per heavy atom. The number of carbonyl (C=O) groups excluding carboxylic acids is 1. The Morgan fingerprint density at radius 1 is 1.17 bits per heavy atom. The molecule has 4 rings (SSSR count). The lowest BCUT2D eigenvalue weighted by atomic mass is 10.1. The summed E-state index contributed by atoms with van der Waals surface area (Å²) in [4.78, 5) is 17.0. The standard InChI is InChI=1S/C18H14N4O2/c1-24-12-9-11-5-4-8-19-16(11)15(10-12)20-18(23)17-13-6-2-3-7-14(13)21-22-17/h2-10H,1H3,(H,20,23)(H,21,22). The van der Waals surface area contributed by atoms with Gasteiger partial charge in [0.15, 0.2) is 5.69 Å². The third-order valence-electron chi connectivity index (χ3n) is 3.85. The van der Waals surface area contributed by atoms with Gasteiger partial charge in [-0.3, -0.25) is 14.9 Å². The number of rotatable bonds is 3. The van der Waals surface area contributed by atoms with Gasteiger partial charge in [0.2, 0.25) is 0 Å². The highest BCUT2D eigenvalue weighted by atomic mass is 16.5. The summed E-state index contributed by atoms with van der Waals surface area (Å²) in [7, 11) is 1.59. The maximum atomic E-state index is 12.7. The second-order valence-electron chi connectivity index (χ2n) is 5.32. The highest BCUT2D eigenvalue weighted by molar-refractivity contribution is 6.13. The van der Waals surface area contributed by atoms with Gasteiger partial charge in [0.05, 0.1) is 23.8 Å². The third-order valence-corrected chi connectivity index (χ3v) is 3.85. The largest absolute Gasteiger partial charge is 0.497 e. The second-order valence-corrected chi connectivity index (χ2v) is 5.32. The molecule has 2 aromatic carbocycles. The molecule has 2 N–H and O–H groups in total. The first-order chi connectivity index (χ1) is 11.8. The molecule has 118 valence electrons. The average molecular weight is 318 g/mol. The van der Waals surface area contributed by atoms with Crippen molar-refractivity contribution in [1.82, 2.24) is 15.2 Å². The Balaban J connectivity index is 1.77. The number of H-pyrrole nitrogens is 1. The Morgan fingerprint density at radius 3 is 2.92 bits per heavy atom. The zero-order chi connectivity index (χ0) is 16.5. The number of para-hydroxylation sites is 1. The molecule has 0 fully saturated rings. The minimum absolute atomic E-state index is 0.298. The monoisotopic (exact) mass is 318 g/mol. The van der Waals surface area contributed by atoms with E-state index in [2.05, 4.69) is 20.5 Å². The van der Waals surface area contributed by atoms with Crippen molar-refractivity contribution in [2.75, 3.05) is 12.4 Å². The van der Waals surface area contributed by atoms with Gasteiger partial charge in [-0.25, -0.2) is 0 Å². The molecule has 4 aromatic rings. The van der Waals surface area contributed by atoms with Crippen LogP contribution in [0, 0.1) is 0 Å². The van der Waals surface area contributed by atoms with Gasteiger partial charge in [-0.1, -0.05) is 24.3 Å². The minimum atomic E-state index is -0.298. The number of carbonyl (C=O) groups is 1. The number of amides is 1. The van der Waals surface area contributed by atoms with E-state index in [4.69, 9.17) is 4.74 Å². The van der Waals surface area contributed by atoms with Gasteiger partial charge in [0.25, 0.3) is 5.91 Å². The highest BCUT2D eigenvalue weighted by Gasteiger charge is 2.16. The maximum absolute atomic E-state index is 12.7. The Kier molecular flexibility index (Phi) is 3.35. The van der Waals surface area contributed by atoms with E-state index in [9.17, 15) is 4.79 Å². The average Bonchev–Trinajstić information content (AvgIpc) is 3.05. The SMILES string of the molecule is COc1cc(NC(=O)c2n[nH]c3ccccc23)c2ncccc2c1. The van der Waals surface area contributed by atoms with Gasteiger partial charge in [-0.15, -0.1) is 0 Å². The molecule has 2 aromatic heterocycles. The number of nitrogens with one attached hydrogen (secondary N) is 2. The molecule has 0 bridgehead atoms. The quantitative estimate of drug-likeness (QED) is 0.607. The summed E-state index contributed by atoms with van der Waals surface area (Å²) in [5, 5.41) is 11.5. The van der Waals surface area contributed by atoms with Gasteiger partial charge in [-0.2, -0.15) is 5.10 Å². The molecular weight excluding hydrogens is 304 g/mol. The van der Waals surface area contributed by atoms with Gasteiger partial charge in [0, 0.05) is 23.0 Å². The molecule has 0 aliphatic heterocycles. The van der Waals surface area contributed by atoms with Crippen LogP contribution < -0.4 is 10.1 Å². The van der Waals surface area contributed by atoms with E-state index in [-0.39, 0.29) is 5.91 Å². The number of fused-ring (bicyclic) bond motifs is 2. The Hall–Kier alpha value is -3.41. The normalized spacial score (nSPS) is 10.9. The van der Waals surface area contributed by atoms with E-state index >= 15 is 0 Å². The van der Waals surface area contributed by atoms with E-state index in [1.807, 2.05) is 42.5 Å². The van der Waals surface area contributed by atoms with E-state index in [1.165, 1.54) is 0 Å². The maximum Gasteiger partial charge on any atom is 0.276 e. The fourth-order valence-electron chi connectivity index (χ4n) is 2.70. The number of nitrogens with zero attached hydrogens (tertiary/aromatic N) is 2. The Labute approximate surface area is 137 Å². The van der Waals surface area contributed by atoms with Crippen LogP contribution in [-0.2, 0) is 0 Å². The number of pyridine rings is 1. The summed E-state index contributed by atoms with van der Waals surface area (Å²) < 4.78 is 5.30. The van der Waals surface area contributed by atoms with Gasteiger partial charge in [0.1, 0.15) is 5.75 Å². The summed E-state index contributed by atoms with van der Waals surface area (Å²) in [6.45, 7) is 0. The summed E-state index contributed by atoms with van der Waals surface area (Å²) in [6, 6.07) is 14.9. The smallest absolute Gasteiger partial charge is 0.276 e. The number of aromatic amines is 1. The molecule has 0 radical (unpaired) electrons. The second kappa shape index (κ2) is 5.66. The summed E-state index contributed by atoms with van der Waals surface area (Å²) in [5.74, 6) is 0.352. The van der Waals surface area contributed by atoms with E-state index in [0.717, 1.165) is 16.3 Å². The lowest BCUT2D eigenvalue weighted by molar-refractivity contribution is 0.102. The van der Waals surface area contributed by atoms with Crippen LogP contribution in [0.1, 0.15) is 10.5 Å². The Bertz CT molecular complexity index is 1060. The summed E-state index contributed by atoms with van der Waals surface area (Å²) in [6.07, 6.45) is 1.69. The number of aromatic nitrogens is 3. The lowest BCUT2D eigenvalue weighted by Gasteiger charge is -2.09. The van der Waals surface area contributed by atoms with Crippen molar-refractivity contribution in [2.45, 2.75) is 0 Å². The van der Waals surface area contributed by atoms with Crippen molar-refractivity contribution in [3.05, 3.63) is 60.4 Å². The summed E-state index contributed by atoms with van der Waals surface area (Å²) in [5.41, 5.74) is 2.45. The van der Waals surface area contributed by atoms with Crippen molar-refractivity contribution in [2.24, 2.45) is 0 Å². The van der Waals surface area contributed by atoms with Crippen molar-refractivity contribution < 1.29 is 9.53 Å². The van der Waals surface area contributed by atoms with Crippen molar-refractivity contribution in [3.8, 4) is 5.75 Å². The molecule has 6 heteroatoms. The fourth-order valence-corrected chi connectivity index (χ4v) is 2.70. The molecule has 0 aliphatic carbocycles. The zero-order valence-corrected chi connectivity index (χ0v) is 12.9. The molecule has 0 saturated carbocycles. The first-order valence-electron chi connectivity index (χ1n) is 7.43. The molecule has 0 spiro atoms. The van der Waals surface area contributed by atoms with Crippen LogP contribution in [0.2, 0.25) is 0 Å². The predicted octanol–water partition coefficient (Wildman–Crippen LogP) is 3.37. The molecule has 0 atom stereocenters. The molecule has 0 saturated heterocycles. The van der Waals surface area contributed by atoms with Crippen molar-refractivity contribution in [1.29, 1.82) is 0 Å². The molecule has 1 amide bonds. The van der Waals surface area contributed by atoms with Crippen molar-refractivity contribution >= 4 is 33.4 Å². The van der Waals surface area contributed by atoms with Crippen LogP contribution in [0.15, 0.2) is 54.7 Å². The van der Waals surface area contributed by atoms with Crippen LogP contribution in [0.4, 0.5) is 5.69 Å². The molecule has 2 heterocycles. The van der Waals surface area contributed by atoms with Gasteiger partial charge < -0.3 is 10.1 Å². The molecule has 6 nitrogen and oxygen atoms in total. The molecule has 24 heavy (non-hydrogen) atoms. The minimum Gasteiger partial charge on any atom is -0.497 e. The molecule has 0 unspecified atom stereocenters. The van der Waals surface area contributed by atoms with Crippen LogP contribution >= 0.6 is 0 Å². The lowest BCUT2D eigenvalue weighted by Crippen LogP contribution is -2.13. The number of benzene rings is 2. The van der Waals surface area contributed by atoms with E-state index < -0.39 is 0 Å². The summed E-state index contributed by atoms with van der Waals surface area (Å²) >= 11 is 0. The first-order valence-corrected chi connectivity index (χ1v) is 7.43. The number of hydrogen-bond acceptors (Lipinski definition) is 4. The molecule has 0 aliphatic rings. The van der Waals surface area contributed by atoms with Crippen LogP contribution in [0.3, 0.4) is 0 Å². The fraction of sp³-hybridized carbons (Fsp3) is 0.0556. The number of methoxy groups -OCH3 is 1. The van der Waals surface area contributed by atoms with Crippen LogP contribution in [0.25, 0.3) is 21.8 Å². The number of ether oxygens (including phenoxy) is 1. The van der Waals surface area contributed by atoms with Crippen LogP contribution in [-0.4, -0.2) is 28.2 Å².